The summed E-state index contributed by atoms with van der Waals surface area (Å²) < 4.78 is 0. The molecule has 5 heteroatoms. The number of aryl methyl sites for hydroxylation is 1. The largest absolute Gasteiger partial charge is 0.350 e. The Labute approximate surface area is 112 Å². The predicted octanol–water partition coefficient (Wildman–Crippen LogP) is 2.06. The van der Waals surface area contributed by atoms with Crippen molar-refractivity contribution in [3.63, 3.8) is 0 Å². The van der Waals surface area contributed by atoms with Crippen LogP contribution in [-0.2, 0) is 0 Å². The number of aromatic nitrogens is 1. The number of carbonyl (C=O) groups is 1. The highest BCUT2D eigenvalue weighted by molar-refractivity contribution is 7.11. The maximum atomic E-state index is 11.9. The molecule has 1 saturated heterocycles. The third-order valence-corrected chi connectivity index (χ3v) is 4.50. The fraction of sp³-hybridized carbons (Fsp3) is 0.692. The number of hydrogen-bond acceptors (Lipinski definition) is 4. The molecule has 0 aromatic carbocycles. The normalized spacial score (nSPS) is 20.9. The third-order valence-electron chi connectivity index (χ3n) is 3.58. The molecule has 1 atom stereocenters. The molecule has 2 rings (SSSR count). The van der Waals surface area contributed by atoms with Crippen molar-refractivity contribution >= 4 is 17.2 Å². The maximum Gasteiger partial charge on any atom is 0.263 e. The quantitative estimate of drug-likeness (QED) is 0.908. The zero-order valence-corrected chi connectivity index (χ0v) is 11.9. The highest BCUT2D eigenvalue weighted by Gasteiger charge is 2.18. The highest BCUT2D eigenvalue weighted by Crippen LogP contribution is 2.15. The average Bonchev–Trinajstić information content (AvgIpc) is 2.78. The standard InChI is InChI=1S/C13H21N3OS/c1-10-5-3-4-7-16(10)8-6-14-13(17)12-11(2)15-9-18-12/h9-10H,3-8H2,1-2H3,(H,14,17)/t10-/m0/s1. The molecule has 0 unspecified atom stereocenters. The number of thiazole rings is 1. The zero-order valence-electron chi connectivity index (χ0n) is 11.1. The van der Waals surface area contributed by atoms with E-state index in [0.29, 0.717) is 6.04 Å². The van der Waals surface area contributed by atoms with Gasteiger partial charge in [0.25, 0.3) is 5.91 Å². The van der Waals surface area contributed by atoms with Crippen molar-refractivity contribution in [3.05, 3.63) is 16.1 Å². The van der Waals surface area contributed by atoms with E-state index in [1.54, 1.807) is 5.51 Å². The molecule has 1 aromatic heterocycles. The Morgan fingerprint density at radius 1 is 1.61 bits per heavy atom. The van der Waals surface area contributed by atoms with Crippen molar-refractivity contribution in [1.29, 1.82) is 0 Å². The van der Waals surface area contributed by atoms with Gasteiger partial charge in [-0.3, -0.25) is 9.69 Å². The molecule has 0 bridgehead atoms. The summed E-state index contributed by atoms with van der Waals surface area (Å²) in [4.78, 5) is 19.2. The molecule has 1 fully saturated rings. The van der Waals surface area contributed by atoms with Crippen molar-refractivity contribution in [2.45, 2.75) is 39.2 Å². The summed E-state index contributed by atoms with van der Waals surface area (Å²) in [5.74, 6) is 0.0136. The Morgan fingerprint density at radius 3 is 3.11 bits per heavy atom. The number of amides is 1. The Hall–Kier alpha value is -0.940. The van der Waals surface area contributed by atoms with Gasteiger partial charge in [-0.25, -0.2) is 4.98 Å². The van der Waals surface area contributed by atoms with Crippen molar-refractivity contribution in [3.8, 4) is 0 Å². The predicted molar refractivity (Wildman–Crippen MR) is 74.1 cm³/mol. The highest BCUT2D eigenvalue weighted by atomic mass is 32.1. The second-order valence-corrected chi connectivity index (χ2v) is 5.76. The van der Waals surface area contributed by atoms with Crippen molar-refractivity contribution < 1.29 is 4.79 Å². The van der Waals surface area contributed by atoms with Gasteiger partial charge in [0.1, 0.15) is 4.88 Å². The van der Waals surface area contributed by atoms with E-state index in [9.17, 15) is 4.79 Å². The summed E-state index contributed by atoms with van der Waals surface area (Å²) in [6.45, 7) is 6.98. The summed E-state index contributed by atoms with van der Waals surface area (Å²) in [7, 11) is 0. The summed E-state index contributed by atoms with van der Waals surface area (Å²) in [6.07, 6.45) is 3.90. The molecule has 1 aliphatic heterocycles. The van der Waals surface area contributed by atoms with Crippen LogP contribution in [0.4, 0.5) is 0 Å². The molecule has 100 valence electrons. The van der Waals surface area contributed by atoms with Crippen LogP contribution < -0.4 is 5.32 Å². The molecule has 1 N–H and O–H groups in total. The van der Waals surface area contributed by atoms with E-state index in [1.165, 1.54) is 30.6 Å². The lowest BCUT2D eigenvalue weighted by Crippen LogP contribution is -2.42. The van der Waals surface area contributed by atoms with Crippen LogP contribution in [-0.4, -0.2) is 41.5 Å². The Morgan fingerprint density at radius 2 is 2.44 bits per heavy atom. The molecule has 0 spiro atoms. The van der Waals surface area contributed by atoms with Gasteiger partial charge in [0.15, 0.2) is 0 Å². The second-order valence-electron chi connectivity index (χ2n) is 4.90. The lowest BCUT2D eigenvalue weighted by Gasteiger charge is -2.33. The smallest absolute Gasteiger partial charge is 0.263 e. The maximum absolute atomic E-state index is 11.9. The van der Waals surface area contributed by atoms with Gasteiger partial charge in [-0.2, -0.15) is 0 Å². The van der Waals surface area contributed by atoms with Gasteiger partial charge < -0.3 is 5.32 Å². The van der Waals surface area contributed by atoms with Gasteiger partial charge in [-0.05, 0) is 33.2 Å². The SMILES string of the molecule is Cc1ncsc1C(=O)NCCN1CCCC[C@@H]1C. The van der Waals surface area contributed by atoms with E-state index in [4.69, 9.17) is 0 Å². The van der Waals surface area contributed by atoms with Gasteiger partial charge in [0.2, 0.25) is 0 Å². The van der Waals surface area contributed by atoms with E-state index in [1.807, 2.05) is 6.92 Å². The first-order chi connectivity index (χ1) is 8.68. The molecular formula is C13H21N3OS. The van der Waals surface area contributed by atoms with Gasteiger partial charge in [0, 0.05) is 19.1 Å². The first-order valence-corrected chi connectivity index (χ1v) is 7.49. The van der Waals surface area contributed by atoms with Crippen molar-refractivity contribution in [2.24, 2.45) is 0 Å². The van der Waals surface area contributed by atoms with Crippen LogP contribution in [0, 0.1) is 6.92 Å². The molecule has 0 saturated carbocycles. The Balaban J connectivity index is 1.75. The number of piperidine rings is 1. The lowest BCUT2D eigenvalue weighted by molar-refractivity contribution is 0.0941. The Kier molecular flexibility index (Phi) is 4.72. The molecule has 4 nitrogen and oxygen atoms in total. The summed E-state index contributed by atoms with van der Waals surface area (Å²) in [6, 6.07) is 0.654. The van der Waals surface area contributed by atoms with Crippen LogP contribution >= 0.6 is 11.3 Å². The van der Waals surface area contributed by atoms with Gasteiger partial charge in [-0.1, -0.05) is 6.42 Å². The van der Waals surface area contributed by atoms with E-state index in [-0.39, 0.29) is 5.91 Å². The first kappa shape index (κ1) is 13.5. The minimum Gasteiger partial charge on any atom is -0.350 e. The molecule has 0 radical (unpaired) electrons. The van der Waals surface area contributed by atoms with Crippen LogP contribution in [0.3, 0.4) is 0 Å². The van der Waals surface area contributed by atoms with E-state index in [2.05, 4.69) is 22.1 Å². The molecule has 1 aromatic rings. The van der Waals surface area contributed by atoms with E-state index >= 15 is 0 Å². The summed E-state index contributed by atoms with van der Waals surface area (Å²) in [5, 5.41) is 2.98. The third kappa shape index (κ3) is 3.29. The van der Waals surface area contributed by atoms with Crippen LogP contribution in [0.15, 0.2) is 5.51 Å². The first-order valence-electron chi connectivity index (χ1n) is 6.61. The number of hydrogen-bond donors (Lipinski definition) is 1. The molecule has 0 aliphatic carbocycles. The van der Waals surface area contributed by atoms with Crippen LogP contribution in [0.2, 0.25) is 0 Å². The number of nitrogens with zero attached hydrogens (tertiary/aromatic N) is 2. The van der Waals surface area contributed by atoms with Gasteiger partial charge in [-0.15, -0.1) is 11.3 Å². The van der Waals surface area contributed by atoms with Crippen molar-refractivity contribution in [1.82, 2.24) is 15.2 Å². The molecule has 1 amide bonds. The number of nitrogens with one attached hydrogen (secondary N) is 1. The van der Waals surface area contributed by atoms with Gasteiger partial charge in [0.05, 0.1) is 11.2 Å². The van der Waals surface area contributed by atoms with Crippen molar-refractivity contribution in [2.75, 3.05) is 19.6 Å². The molecule has 1 aliphatic rings. The summed E-state index contributed by atoms with van der Waals surface area (Å²) in [5.41, 5.74) is 2.54. The molecule has 2 heterocycles. The number of carbonyl (C=O) groups excluding carboxylic acids is 1. The van der Waals surface area contributed by atoms with E-state index < -0.39 is 0 Å². The minimum atomic E-state index is 0.0136. The topological polar surface area (TPSA) is 45.2 Å². The zero-order chi connectivity index (χ0) is 13.0. The number of likely N-dealkylation sites (tertiary alicyclic amines) is 1. The Bertz CT molecular complexity index is 405. The fourth-order valence-corrected chi connectivity index (χ4v) is 3.12. The second kappa shape index (κ2) is 6.29. The van der Waals surface area contributed by atoms with E-state index in [0.717, 1.165) is 30.2 Å². The van der Waals surface area contributed by atoms with Gasteiger partial charge >= 0.3 is 0 Å². The minimum absolute atomic E-state index is 0.0136. The van der Waals surface area contributed by atoms with Crippen LogP contribution in [0.5, 0.6) is 0 Å². The monoisotopic (exact) mass is 267 g/mol. The lowest BCUT2D eigenvalue weighted by atomic mass is 10.0. The fourth-order valence-electron chi connectivity index (χ4n) is 2.40. The van der Waals surface area contributed by atoms with Crippen LogP contribution in [0.1, 0.15) is 41.6 Å². The number of rotatable bonds is 4. The summed E-state index contributed by atoms with van der Waals surface area (Å²) >= 11 is 1.41. The molecular weight excluding hydrogens is 246 g/mol. The average molecular weight is 267 g/mol. The van der Waals surface area contributed by atoms with Crippen LogP contribution in [0.25, 0.3) is 0 Å². The molecule has 18 heavy (non-hydrogen) atoms.